The largest absolute Gasteiger partial charge is 0.504 e. The van der Waals surface area contributed by atoms with Gasteiger partial charge < -0.3 is 15.3 Å². The summed E-state index contributed by atoms with van der Waals surface area (Å²) in [4.78, 5) is 5.65. The van der Waals surface area contributed by atoms with Gasteiger partial charge in [-0.05, 0) is 31.9 Å². The van der Waals surface area contributed by atoms with Crippen molar-refractivity contribution in [3.63, 3.8) is 0 Å². The number of phenolic OH excluding ortho intramolecular Hbond substituents is 3. The van der Waals surface area contributed by atoms with Gasteiger partial charge in [-0.2, -0.15) is 5.10 Å². The fraction of sp³-hybridized carbons (Fsp3) is 0.412. The number of aryl methyl sites for hydroxylation is 1. The van der Waals surface area contributed by atoms with Crippen LogP contribution in [0.4, 0.5) is 0 Å². The number of aromatic nitrogens is 1. The number of aromatic hydroxyl groups is 3. The van der Waals surface area contributed by atoms with Gasteiger partial charge in [0.1, 0.15) is 0 Å². The van der Waals surface area contributed by atoms with E-state index in [9.17, 15) is 15.3 Å². The lowest BCUT2D eigenvalue weighted by molar-refractivity contribution is 0.367. The lowest BCUT2D eigenvalue weighted by atomic mass is 9.96. The molecule has 24 heavy (non-hydrogen) atoms. The molecule has 1 aliphatic carbocycles. The molecule has 128 valence electrons. The van der Waals surface area contributed by atoms with Crippen molar-refractivity contribution in [1.82, 2.24) is 4.68 Å². The van der Waals surface area contributed by atoms with Crippen molar-refractivity contribution in [2.24, 2.45) is 10.1 Å². The summed E-state index contributed by atoms with van der Waals surface area (Å²) in [5.74, 6) is -1.30. The minimum absolute atomic E-state index is 0.326. The van der Waals surface area contributed by atoms with Gasteiger partial charge in [0.05, 0.1) is 18.0 Å². The predicted molar refractivity (Wildman–Crippen MR) is 93.9 cm³/mol. The molecule has 0 radical (unpaired) electrons. The minimum atomic E-state index is -0.543. The Bertz CT molecular complexity index is 817. The molecule has 6 nitrogen and oxygen atoms in total. The Morgan fingerprint density at radius 3 is 2.62 bits per heavy atom. The van der Waals surface area contributed by atoms with E-state index in [-0.39, 0.29) is 5.75 Å². The van der Waals surface area contributed by atoms with Crippen LogP contribution in [-0.2, 0) is 0 Å². The van der Waals surface area contributed by atoms with Crippen LogP contribution in [0.5, 0.6) is 17.2 Å². The SMILES string of the molecule is Cc1csc(=NC2CCCCC2)n1/N=C\c1ccc(O)c(O)c1O. The van der Waals surface area contributed by atoms with Gasteiger partial charge in [0, 0.05) is 10.9 Å². The van der Waals surface area contributed by atoms with Gasteiger partial charge >= 0.3 is 0 Å². The molecule has 1 aromatic carbocycles. The number of rotatable bonds is 3. The van der Waals surface area contributed by atoms with E-state index in [0.717, 1.165) is 23.3 Å². The number of thiazole rings is 1. The third kappa shape index (κ3) is 3.46. The molecule has 1 saturated carbocycles. The minimum Gasteiger partial charge on any atom is -0.504 e. The van der Waals surface area contributed by atoms with Crippen molar-refractivity contribution in [2.75, 3.05) is 0 Å². The molecule has 7 heteroatoms. The van der Waals surface area contributed by atoms with Crippen LogP contribution in [0, 0.1) is 6.92 Å². The highest BCUT2D eigenvalue weighted by atomic mass is 32.1. The van der Waals surface area contributed by atoms with E-state index >= 15 is 0 Å². The van der Waals surface area contributed by atoms with Crippen LogP contribution in [0.2, 0.25) is 0 Å². The summed E-state index contributed by atoms with van der Waals surface area (Å²) in [5.41, 5.74) is 1.28. The summed E-state index contributed by atoms with van der Waals surface area (Å²) >= 11 is 1.55. The number of nitrogens with zero attached hydrogens (tertiary/aromatic N) is 3. The Kier molecular flexibility index (Phi) is 4.89. The zero-order valence-corrected chi connectivity index (χ0v) is 14.3. The van der Waals surface area contributed by atoms with Crippen LogP contribution >= 0.6 is 11.3 Å². The Balaban J connectivity index is 1.92. The maximum absolute atomic E-state index is 9.88. The standard InChI is InChI=1S/C17H21N3O3S/c1-11-10-24-17(19-13-5-3-2-4-6-13)20(11)18-9-12-7-8-14(21)16(23)15(12)22/h7-10,13,21-23H,2-6H2,1H3/b18-9-,19-17?. The van der Waals surface area contributed by atoms with E-state index in [1.807, 2.05) is 12.3 Å². The third-order valence-corrected chi connectivity index (χ3v) is 5.14. The molecule has 1 heterocycles. The number of hydrogen-bond donors (Lipinski definition) is 3. The summed E-state index contributed by atoms with van der Waals surface area (Å²) in [6, 6.07) is 3.16. The first-order valence-corrected chi connectivity index (χ1v) is 8.93. The van der Waals surface area contributed by atoms with E-state index < -0.39 is 11.5 Å². The van der Waals surface area contributed by atoms with Gasteiger partial charge in [0.25, 0.3) is 0 Å². The second-order valence-electron chi connectivity index (χ2n) is 6.01. The summed E-state index contributed by atoms with van der Waals surface area (Å²) in [5, 5.41) is 35.2. The first-order chi connectivity index (χ1) is 11.6. The van der Waals surface area contributed by atoms with Crippen molar-refractivity contribution in [3.05, 3.63) is 33.6 Å². The fourth-order valence-electron chi connectivity index (χ4n) is 2.79. The average Bonchev–Trinajstić information content (AvgIpc) is 2.93. The predicted octanol–water partition coefficient (Wildman–Crippen LogP) is 3.09. The zero-order valence-electron chi connectivity index (χ0n) is 13.5. The Morgan fingerprint density at radius 2 is 1.88 bits per heavy atom. The highest BCUT2D eigenvalue weighted by Gasteiger charge is 2.13. The van der Waals surface area contributed by atoms with Gasteiger partial charge in [0.2, 0.25) is 10.6 Å². The molecule has 0 saturated heterocycles. The first-order valence-electron chi connectivity index (χ1n) is 8.05. The quantitative estimate of drug-likeness (QED) is 0.589. The molecule has 0 atom stereocenters. The first kappa shape index (κ1) is 16.6. The Morgan fingerprint density at radius 1 is 1.12 bits per heavy atom. The number of benzene rings is 1. The smallest absolute Gasteiger partial charge is 0.206 e. The van der Waals surface area contributed by atoms with Crippen molar-refractivity contribution in [3.8, 4) is 17.2 Å². The maximum Gasteiger partial charge on any atom is 0.206 e. The monoisotopic (exact) mass is 347 g/mol. The van der Waals surface area contributed by atoms with E-state index in [4.69, 9.17) is 4.99 Å². The molecule has 0 bridgehead atoms. The number of hydrogen-bond acceptors (Lipinski definition) is 6. The van der Waals surface area contributed by atoms with Gasteiger partial charge in [-0.25, -0.2) is 4.68 Å². The Hall–Kier alpha value is -2.28. The lowest BCUT2D eigenvalue weighted by Gasteiger charge is -2.16. The van der Waals surface area contributed by atoms with E-state index in [1.165, 1.54) is 37.6 Å². The molecule has 0 amide bonds. The summed E-state index contributed by atoms with van der Waals surface area (Å²) < 4.78 is 1.74. The van der Waals surface area contributed by atoms with Crippen molar-refractivity contribution >= 4 is 17.6 Å². The van der Waals surface area contributed by atoms with Crippen molar-refractivity contribution in [2.45, 2.75) is 45.1 Å². The van der Waals surface area contributed by atoms with Gasteiger partial charge in [0.15, 0.2) is 11.5 Å². The summed E-state index contributed by atoms with van der Waals surface area (Å²) in [6.45, 7) is 1.95. The van der Waals surface area contributed by atoms with Crippen molar-refractivity contribution in [1.29, 1.82) is 0 Å². The molecular formula is C17H21N3O3S. The second-order valence-corrected chi connectivity index (χ2v) is 6.84. The van der Waals surface area contributed by atoms with Crippen molar-refractivity contribution < 1.29 is 15.3 Å². The molecule has 1 aromatic heterocycles. The van der Waals surface area contributed by atoms with Gasteiger partial charge in [-0.3, -0.25) is 4.99 Å². The molecule has 0 spiro atoms. The van der Waals surface area contributed by atoms with Crippen LogP contribution in [-0.4, -0.2) is 32.3 Å². The van der Waals surface area contributed by atoms with Crippen LogP contribution in [0.3, 0.4) is 0 Å². The van der Waals surface area contributed by atoms with E-state index in [2.05, 4.69) is 5.10 Å². The molecule has 1 aliphatic rings. The van der Waals surface area contributed by atoms with Crippen LogP contribution in [0.25, 0.3) is 0 Å². The average molecular weight is 347 g/mol. The zero-order chi connectivity index (χ0) is 17.1. The molecule has 2 aromatic rings. The summed E-state index contributed by atoms with van der Waals surface area (Å²) in [7, 11) is 0. The van der Waals surface area contributed by atoms with Crippen LogP contribution in [0.1, 0.15) is 43.4 Å². The molecule has 3 N–H and O–H groups in total. The summed E-state index contributed by atoms with van der Waals surface area (Å²) in [6.07, 6.45) is 7.43. The molecule has 0 unspecified atom stereocenters. The topological polar surface area (TPSA) is 90.3 Å². The highest BCUT2D eigenvalue weighted by molar-refractivity contribution is 7.07. The molecule has 1 fully saturated rings. The van der Waals surface area contributed by atoms with E-state index in [0.29, 0.717) is 11.6 Å². The highest BCUT2D eigenvalue weighted by Crippen LogP contribution is 2.36. The molecule has 0 aliphatic heterocycles. The fourth-order valence-corrected chi connectivity index (χ4v) is 3.67. The van der Waals surface area contributed by atoms with Crippen LogP contribution in [0.15, 0.2) is 27.6 Å². The number of phenols is 3. The molecule has 3 rings (SSSR count). The van der Waals surface area contributed by atoms with Crippen LogP contribution < -0.4 is 4.80 Å². The van der Waals surface area contributed by atoms with Gasteiger partial charge in [-0.15, -0.1) is 11.3 Å². The van der Waals surface area contributed by atoms with E-state index in [1.54, 1.807) is 16.0 Å². The lowest BCUT2D eigenvalue weighted by Crippen LogP contribution is -2.19. The third-order valence-electron chi connectivity index (χ3n) is 4.19. The Labute approximate surface area is 144 Å². The second kappa shape index (κ2) is 7.09. The molecular weight excluding hydrogens is 326 g/mol. The van der Waals surface area contributed by atoms with Gasteiger partial charge in [-0.1, -0.05) is 19.3 Å². The maximum atomic E-state index is 9.88. The normalized spacial score (nSPS) is 17.0.